The highest BCUT2D eigenvalue weighted by Gasteiger charge is 2.48. The van der Waals surface area contributed by atoms with E-state index in [1.54, 1.807) is 37.3 Å². The second-order valence-corrected chi connectivity index (χ2v) is 11.3. The molecule has 6 rings (SSSR count). The van der Waals surface area contributed by atoms with Crippen molar-refractivity contribution >= 4 is 23.5 Å². The normalized spacial score (nSPS) is 19.3. The number of anilines is 1. The Balaban J connectivity index is 1.57. The van der Waals surface area contributed by atoms with Crippen molar-refractivity contribution in [3.63, 3.8) is 0 Å². The van der Waals surface area contributed by atoms with Crippen LogP contribution in [0.15, 0.2) is 78.9 Å². The largest absolute Gasteiger partial charge is 0.416 e. The molecule has 3 heterocycles. The van der Waals surface area contributed by atoms with E-state index in [1.165, 1.54) is 44.8 Å². The Morgan fingerprint density at radius 1 is 1.04 bits per heavy atom. The molecule has 1 N–H and O–H groups in total. The standard InChI is InChI=1S/C34H28F4N6O3/c1-2-42-31-27(29(33(47)43-17-7-12-25(43)19-39)41-44(31)24-10-4-3-5-11-24)26(20-13-15-23(35)16-14-20)28(32(42)46)40-30(45)21-8-6-9-22(18-21)34(36,37)38/h3-6,8-11,13-16,18,25-26,28H,2,7,12,17H2,1H3,(H,40,45)/t25-,26?,28-/m0/s1. The number of halogens is 4. The molecule has 0 radical (unpaired) electrons. The average Bonchev–Trinajstić information content (AvgIpc) is 3.71. The molecule has 9 nitrogen and oxygen atoms in total. The molecule has 47 heavy (non-hydrogen) atoms. The van der Waals surface area contributed by atoms with Crippen LogP contribution in [-0.4, -0.2) is 57.6 Å². The summed E-state index contributed by atoms with van der Waals surface area (Å²) in [7, 11) is 0. The van der Waals surface area contributed by atoms with Gasteiger partial charge in [-0.15, -0.1) is 0 Å². The monoisotopic (exact) mass is 644 g/mol. The lowest BCUT2D eigenvalue weighted by atomic mass is 9.80. The highest BCUT2D eigenvalue weighted by Crippen LogP contribution is 2.44. The Hall–Kier alpha value is -5.51. The van der Waals surface area contributed by atoms with Crippen LogP contribution in [0.2, 0.25) is 0 Å². The number of likely N-dealkylation sites (tertiary alicyclic amines) is 1. The Kier molecular flexibility index (Phi) is 8.27. The van der Waals surface area contributed by atoms with Crippen molar-refractivity contribution in [2.75, 3.05) is 18.0 Å². The molecule has 1 fully saturated rings. The third-order valence-electron chi connectivity index (χ3n) is 8.48. The van der Waals surface area contributed by atoms with Crippen molar-refractivity contribution in [3.8, 4) is 11.8 Å². The number of hydrogen-bond acceptors (Lipinski definition) is 5. The van der Waals surface area contributed by atoms with Crippen LogP contribution in [0.4, 0.5) is 23.4 Å². The number of para-hydroxylation sites is 1. The van der Waals surface area contributed by atoms with Crippen molar-refractivity contribution in [3.05, 3.63) is 113 Å². The molecule has 3 atom stereocenters. The third kappa shape index (κ3) is 5.71. The van der Waals surface area contributed by atoms with Gasteiger partial charge in [0.1, 0.15) is 23.7 Å². The zero-order valence-electron chi connectivity index (χ0n) is 25.0. The van der Waals surface area contributed by atoms with Gasteiger partial charge in [0.15, 0.2) is 5.69 Å². The number of rotatable bonds is 6. The number of hydrogen-bond donors (Lipinski definition) is 1. The lowest BCUT2D eigenvalue weighted by molar-refractivity contribution is -0.137. The lowest BCUT2D eigenvalue weighted by Crippen LogP contribution is -2.55. The van der Waals surface area contributed by atoms with E-state index in [-0.39, 0.29) is 29.2 Å². The number of carbonyl (C=O) groups excluding carboxylic acids is 3. The Bertz CT molecular complexity index is 1880. The minimum atomic E-state index is -4.71. The number of alkyl halides is 3. The van der Waals surface area contributed by atoms with Crippen LogP contribution >= 0.6 is 0 Å². The van der Waals surface area contributed by atoms with Crippen LogP contribution in [0, 0.1) is 17.1 Å². The van der Waals surface area contributed by atoms with Gasteiger partial charge >= 0.3 is 6.18 Å². The van der Waals surface area contributed by atoms with Gasteiger partial charge in [-0.2, -0.15) is 23.5 Å². The summed E-state index contributed by atoms with van der Waals surface area (Å²) in [4.78, 5) is 45.0. The Labute approximate surface area is 267 Å². The Morgan fingerprint density at radius 2 is 1.77 bits per heavy atom. The van der Waals surface area contributed by atoms with Crippen molar-refractivity contribution < 1.29 is 31.9 Å². The molecule has 3 amide bonds. The molecule has 0 spiro atoms. The van der Waals surface area contributed by atoms with Crippen molar-refractivity contribution in [2.45, 2.75) is 43.9 Å². The summed E-state index contributed by atoms with van der Waals surface area (Å²) in [6.45, 7) is 2.08. The lowest BCUT2D eigenvalue weighted by Gasteiger charge is -2.38. The van der Waals surface area contributed by atoms with Crippen LogP contribution in [0.25, 0.3) is 5.69 Å². The number of benzene rings is 3. The summed E-state index contributed by atoms with van der Waals surface area (Å²) in [6, 6.07) is 17.8. The van der Waals surface area contributed by atoms with Gasteiger partial charge in [0.2, 0.25) is 0 Å². The summed E-state index contributed by atoms with van der Waals surface area (Å²) < 4.78 is 56.1. The van der Waals surface area contributed by atoms with E-state index in [0.29, 0.717) is 36.7 Å². The number of nitrogens with one attached hydrogen (secondary N) is 1. The minimum Gasteiger partial charge on any atom is -0.339 e. The van der Waals surface area contributed by atoms with E-state index in [2.05, 4.69) is 11.4 Å². The van der Waals surface area contributed by atoms with Gasteiger partial charge in [-0.3, -0.25) is 19.3 Å². The molecule has 1 saturated heterocycles. The molecule has 0 aliphatic carbocycles. The quantitative estimate of drug-likeness (QED) is 0.281. The molecular formula is C34H28F4N6O3. The molecule has 1 unspecified atom stereocenters. The molecule has 3 aromatic carbocycles. The van der Waals surface area contributed by atoms with Gasteiger partial charge in [-0.05, 0) is 67.8 Å². The van der Waals surface area contributed by atoms with Crippen LogP contribution in [0.3, 0.4) is 0 Å². The molecule has 0 saturated carbocycles. The predicted octanol–water partition coefficient (Wildman–Crippen LogP) is 5.46. The van der Waals surface area contributed by atoms with Gasteiger partial charge < -0.3 is 10.2 Å². The molecule has 1 aromatic heterocycles. The number of amides is 3. The first-order chi connectivity index (χ1) is 22.5. The zero-order valence-corrected chi connectivity index (χ0v) is 25.0. The average molecular weight is 645 g/mol. The smallest absolute Gasteiger partial charge is 0.339 e. The maximum atomic E-state index is 14.4. The van der Waals surface area contributed by atoms with Gasteiger partial charge in [0.05, 0.1) is 17.3 Å². The molecule has 4 aromatic rings. The molecular weight excluding hydrogens is 616 g/mol. The fourth-order valence-corrected chi connectivity index (χ4v) is 6.28. The predicted molar refractivity (Wildman–Crippen MR) is 162 cm³/mol. The summed E-state index contributed by atoms with van der Waals surface area (Å²) in [5, 5.41) is 17.1. The van der Waals surface area contributed by atoms with E-state index in [9.17, 15) is 37.2 Å². The van der Waals surface area contributed by atoms with E-state index in [0.717, 1.165) is 12.1 Å². The van der Waals surface area contributed by atoms with Crippen molar-refractivity contribution in [2.24, 2.45) is 0 Å². The first-order valence-electron chi connectivity index (χ1n) is 15.0. The van der Waals surface area contributed by atoms with Crippen molar-refractivity contribution in [1.29, 1.82) is 5.26 Å². The fourth-order valence-electron chi connectivity index (χ4n) is 6.28. The number of likely N-dealkylation sites (N-methyl/N-ethyl adjacent to an activating group) is 1. The summed E-state index contributed by atoms with van der Waals surface area (Å²) in [6.07, 6.45) is -3.64. The Morgan fingerprint density at radius 3 is 2.43 bits per heavy atom. The van der Waals surface area contributed by atoms with Crippen LogP contribution in [0.1, 0.15) is 63.2 Å². The van der Waals surface area contributed by atoms with Gasteiger partial charge in [0.25, 0.3) is 17.7 Å². The minimum absolute atomic E-state index is 0.0652. The maximum Gasteiger partial charge on any atom is 0.416 e. The number of nitriles is 1. The molecule has 2 aliphatic heterocycles. The molecule has 13 heteroatoms. The van der Waals surface area contributed by atoms with E-state index in [1.807, 2.05) is 0 Å². The van der Waals surface area contributed by atoms with E-state index < -0.39 is 53.3 Å². The third-order valence-corrected chi connectivity index (χ3v) is 8.48. The number of nitrogens with zero attached hydrogens (tertiary/aromatic N) is 5. The summed E-state index contributed by atoms with van der Waals surface area (Å²) >= 11 is 0. The van der Waals surface area contributed by atoms with Crippen molar-refractivity contribution in [1.82, 2.24) is 20.0 Å². The second-order valence-electron chi connectivity index (χ2n) is 11.3. The number of carbonyl (C=O) groups is 3. The molecule has 240 valence electrons. The number of aromatic nitrogens is 2. The van der Waals surface area contributed by atoms with Crippen LogP contribution in [0.5, 0.6) is 0 Å². The first-order valence-corrected chi connectivity index (χ1v) is 15.0. The molecule has 2 aliphatic rings. The summed E-state index contributed by atoms with van der Waals surface area (Å²) in [5.74, 6) is -3.55. The first kappa shape index (κ1) is 31.5. The highest BCUT2D eigenvalue weighted by atomic mass is 19.4. The SMILES string of the molecule is CCN1C(=O)[C@@H](NC(=O)c2cccc(C(F)(F)F)c2)C(c2ccc(F)cc2)c2c(C(=O)N3CCC[C@H]3C#N)nn(-c3ccccc3)c21. The molecule has 0 bridgehead atoms. The topological polar surface area (TPSA) is 111 Å². The number of fused-ring (bicyclic) bond motifs is 1. The van der Waals surface area contributed by atoms with Crippen LogP contribution < -0.4 is 10.2 Å². The van der Waals surface area contributed by atoms with E-state index >= 15 is 0 Å². The van der Waals surface area contributed by atoms with Gasteiger partial charge in [-0.1, -0.05) is 36.4 Å². The zero-order chi connectivity index (χ0) is 33.5. The van der Waals surface area contributed by atoms with Crippen LogP contribution in [-0.2, 0) is 11.0 Å². The van der Waals surface area contributed by atoms with Gasteiger partial charge in [-0.25, -0.2) is 9.07 Å². The van der Waals surface area contributed by atoms with E-state index in [4.69, 9.17) is 5.10 Å². The second kappa shape index (κ2) is 12.4. The fraction of sp³-hybridized carbons (Fsp3) is 0.265. The maximum absolute atomic E-state index is 14.4. The van der Waals surface area contributed by atoms with Gasteiger partial charge in [0, 0.05) is 30.1 Å². The summed E-state index contributed by atoms with van der Waals surface area (Å²) in [5.41, 5.74) is -0.302. The highest BCUT2D eigenvalue weighted by molar-refractivity contribution is 6.07.